The molecule has 0 radical (unpaired) electrons. The number of hydrogen-bond acceptors (Lipinski definition) is 5. The molecular weight excluding hydrogens is 308 g/mol. The highest BCUT2D eigenvalue weighted by Crippen LogP contribution is 2.46. The number of hydrogen-bond donors (Lipinski definition) is 1. The SMILES string of the molecule is CC1OC2Cc3c(ccc4c3C(=O)c3cccc(O)c3C4=O)C2O1. The van der Waals surface area contributed by atoms with Crippen molar-refractivity contribution in [1.82, 2.24) is 0 Å². The molecule has 120 valence electrons. The van der Waals surface area contributed by atoms with Crippen LogP contribution in [0, 0.1) is 0 Å². The third kappa shape index (κ3) is 1.60. The number of carbonyl (C=O) groups is 2. The van der Waals surface area contributed by atoms with E-state index in [1.165, 1.54) is 6.07 Å². The van der Waals surface area contributed by atoms with Crippen molar-refractivity contribution in [3.63, 3.8) is 0 Å². The number of phenolic OH excluding ortho intramolecular Hbond substituents is 1. The Morgan fingerprint density at radius 3 is 2.58 bits per heavy atom. The van der Waals surface area contributed by atoms with E-state index < -0.39 is 0 Å². The van der Waals surface area contributed by atoms with Gasteiger partial charge in [-0.15, -0.1) is 0 Å². The van der Waals surface area contributed by atoms with Crippen molar-refractivity contribution in [3.05, 3.63) is 63.7 Å². The van der Waals surface area contributed by atoms with Gasteiger partial charge < -0.3 is 14.6 Å². The van der Waals surface area contributed by atoms with E-state index in [1.54, 1.807) is 18.2 Å². The van der Waals surface area contributed by atoms with Crippen LogP contribution in [0.15, 0.2) is 30.3 Å². The normalized spacial score (nSPS) is 26.8. The van der Waals surface area contributed by atoms with Crippen LogP contribution in [0.4, 0.5) is 0 Å². The third-order valence-electron chi connectivity index (χ3n) is 5.09. The Hall–Kier alpha value is -2.50. The highest BCUT2D eigenvalue weighted by molar-refractivity contribution is 6.29. The molecule has 1 aliphatic heterocycles. The van der Waals surface area contributed by atoms with Gasteiger partial charge in [0.15, 0.2) is 17.9 Å². The number of aromatic hydroxyl groups is 1. The summed E-state index contributed by atoms with van der Waals surface area (Å²) in [5, 5.41) is 10.0. The van der Waals surface area contributed by atoms with Crippen LogP contribution < -0.4 is 0 Å². The monoisotopic (exact) mass is 322 g/mol. The van der Waals surface area contributed by atoms with Gasteiger partial charge in [-0.05, 0) is 30.2 Å². The topological polar surface area (TPSA) is 72.8 Å². The van der Waals surface area contributed by atoms with Crippen molar-refractivity contribution in [2.45, 2.75) is 31.8 Å². The Balaban J connectivity index is 1.73. The Kier molecular flexibility index (Phi) is 2.62. The number of ether oxygens (including phenoxy) is 2. The molecule has 0 bridgehead atoms. The molecule has 2 aliphatic carbocycles. The molecule has 3 aliphatic rings. The predicted octanol–water partition coefficient (Wildman–Crippen LogP) is 2.53. The summed E-state index contributed by atoms with van der Waals surface area (Å²) in [7, 11) is 0. The first-order valence-corrected chi connectivity index (χ1v) is 7.94. The molecule has 0 spiro atoms. The number of carbonyl (C=O) groups excluding carboxylic acids is 2. The van der Waals surface area contributed by atoms with Gasteiger partial charge in [0.1, 0.15) is 11.9 Å². The average Bonchev–Trinajstić information content (AvgIpc) is 3.07. The average molecular weight is 322 g/mol. The number of ketones is 2. The smallest absolute Gasteiger partial charge is 0.198 e. The van der Waals surface area contributed by atoms with Crippen molar-refractivity contribution in [1.29, 1.82) is 0 Å². The maximum Gasteiger partial charge on any atom is 0.198 e. The molecule has 0 amide bonds. The quantitative estimate of drug-likeness (QED) is 0.688. The van der Waals surface area contributed by atoms with Crippen LogP contribution in [0.5, 0.6) is 5.75 Å². The van der Waals surface area contributed by atoms with E-state index >= 15 is 0 Å². The summed E-state index contributed by atoms with van der Waals surface area (Å²) >= 11 is 0. The van der Waals surface area contributed by atoms with Gasteiger partial charge in [0.25, 0.3) is 0 Å². The number of fused-ring (bicyclic) bond motifs is 6. The van der Waals surface area contributed by atoms with Gasteiger partial charge in [0.05, 0.1) is 11.7 Å². The van der Waals surface area contributed by atoms with Crippen molar-refractivity contribution in [2.75, 3.05) is 0 Å². The zero-order valence-electron chi connectivity index (χ0n) is 12.9. The lowest BCUT2D eigenvalue weighted by atomic mass is 9.80. The lowest BCUT2D eigenvalue weighted by molar-refractivity contribution is -0.0532. The largest absolute Gasteiger partial charge is 0.507 e. The standard InChI is InChI=1S/C19H14O5/c1-8-23-14-7-12-9(19(14)24-8)5-6-11-15(12)17(21)10-3-2-4-13(20)16(10)18(11)22/h2-6,8,14,19-20H,7H2,1H3. The minimum absolute atomic E-state index is 0.0919. The molecule has 5 rings (SSSR count). The van der Waals surface area contributed by atoms with Crippen LogP contribution in [0.1, 0.15) is 56.0 Å². The zero-order valence-corrected chi connectivity index (χ0v) is 12.9. The molecule has 5 heteroatoms. The van der Waals surface area contributed by atoms with Crippen LogP contribution in [-0.4, -0.2) is 29.1 Å². The van der Waals surface area contributed by atoms with Crippen LogP contribution in [-0.2, 0) is 15.9 Å². The number of rotatable bonds is 0. The summed E-state index contributed by atoms with van der Waals surface area (Å²) in [5.41, 5.74) is 2.89. The highest BCUT2D eigenvalue weighted by Gasteiger charge is 2.45. The van der Waals surface area contributed by atoms with E-state index in [0.29, 0.717) is 17.5 Å². The van der Waals surface area contributed by atoms with Gasteiger partial charge in [0.2, 0.25) is 0 Å². The van der Waals surface area contributed by atoms with E-state index in [4.69, 9.17) is 9.47 Å². The minimum atomic E-state index is -0.312. The molecule has 1 saturated heterocycles. The molecule has 2 aromatic rings. The first-order chi connectivity index (χ1) is 11.6. The molecule has 1 N–H and O–H groups in total. The maximum atomic E-state index is 13.0. The van der Waals surface area contributed by atoms with Gasteiger partial charge in [-0.2, -0.15) is 0 Å². The lowest BCUT2D eigenvalue weighted by Crippen LogP contribution is -2.23. The van der Waals surface area contributed by atoms with Gasteiger partial charge in [0, 0.05) is 23.1 Å². The summed E-state index contributed by atoms with van der Waals surface area (Å²) < 4.78 is 11.5. The molecule has 0 saturated carbocycles. The van der Waals surface area contributed by atoms with Crippen molar-refractivity contribution in [2.24, 2.45) is 0 Å². The Morgan fingerprint density at radius 1 is 1.00 bits per heavy atom. The predicted molar refractivity (Wildman–Crippen MR) is 83.3 cm³/mol. The molecule has 1 fully saturated rings. The van der Waals surface area contributed by atoms with Gasteiger partial charge >= 0.3 is 0 Å². The van der Waals surface area contributed by atoms with Crippen molar-refractivity contribution in [3.8, 4) is 5.75 Å². The molecule has 0 aromatic heterocycles. The van der Waals surface area contributed by atoms with E-state index in [2.05, 4.69) is 0 Å². The van der Waals surface area contributed by atoms with Crippen molar-refractivity contribution >= 4 is 11.6 Å². The Labute approximate surface area is 137 Å². The molecule has 2 aromatic carbocycles. The Bertz CT molecular complexity index is 930. The summed E-state index contributed by atoms with van der Waals surface area (Å²) in [6.07, 6.45) is -0.0105. The van der Waals surface area contributed by atoms with Crippen molar-refractivity contribution < 1.29 is 24.2 Å². The van der Waals surface area contributed by atoms with Gasteiger partial charge in [-0.1, -0.05) is 18.2 Å². The highest BCUT2D eigenvalue weighted by atomic mass is 16.7. The summed E-state index contributed by atoms with van der Waals surface area (Å²) in [5.74, 6) is -0.692. The molecule has 3 unspecified atom stereocenters. The second kappa shape index (κ2) is 4.53. The maximum absolute atomic E-state index is 13.0. The van der Waals surface area contributed by atoms with Crippen LogP contribution in [0.2, 0.25) is 0 Å². The molecule has 24 heavy (non-hydrogen) atoms. The number of phenols is 1. The van der Waals surface area contributed by atoms with Crippen LogP contribution in [0.25, 0.3) is 0 Å². The number of benzene rings is 2. The summed E-state index contributed by atoms with van der Waals surface area (Å²) in [4.78, 5) is 25.8. The fourth-order valence-corrected chi connectivity index (χ4v) is 4.11. The first kappa shape index (κ1) is 13.9. The van der Waals surface area contributed by atoms with Crippen LogP contribution in [0.3, 0.4) is 0 Å². The fraction of sp³-hybridized carbons (Fsp3) is 0.263. The third-order valence-corrected chi connectivity index (χ3v) is 5.09. The minimum Gasteiger partial charge on any atom is -0.507 e. The van der Waals surface area contributed by atoms with Gasteiger partial charge in [-0.3, -0.25) is 9.59 Å². The second-order valence-electron chi connectivity index (χ2n) is 6.42. The molecule has 3 atom stereocenters. The molecule has 1 heterocycles. The van der Waals surface area contributed by atoms with Gasteiger partial charge in [-0.25, -0.2) is 0 Å². The van der Waals surface area contributed by atoms with Crippen LogP contribution >= 0.6 is 0 Å². The Morgan fingerprint density at radius 2 is 1.75 bits per heavy atom. The second-order valence-corrected chi connectivity index (χ2v) is 6.42. The van der Waals surface area contributed by atoms with E-state index in [0.717, 1.165) is 11.1 Å². The molecular formula is C19H14O5. The first-order valence-electron chi connectivity index (χ1n) is 7.94. The fourth-order valence-electron chi connectivity index (χ4n) is 4.11. The molecule has 5 nitrogen and oxygen atoms in total. The van der Waals surface area contributed by atoms with E-state index in [9.17, 15) is 14.7 Å². The lowest BCUT2D eigenvalue weighted by Gasteiger charge is -2.21. The summed E-state index contributed by atoms with van der Waals surface area (Å²) in [6, 6.07) is 8.10. The zero-order chi connectivity index (χ0) is 16.6. The van der Waals surface area contributed by atoms with E-state index in [-0.39, 0.29) is 46.9 Å². The van der Waals surface area contributed by atoms with E-state index in [1.807, 2.05) is 13.0 Å². The summed E-state index contributed by atoms with van der Waals surface area (Å²) in [6.45, 7) is 1.85.